The molecule has 0 aliphatic carbocycles. The first-order valence-electron chi connectivity index (χ1n) is 7.33. The molecule has 1 aromatic heterocycles. The van der Waals surface area contributed by atoms with Gasteiger partial charge in [0, 0.05) is 12.8 Å². The highest BCUT2D eigenvalue weighted by Crippen LogP contribution is 2.18. The first kappa shape index (κ1) is 18.1. The number of methoxy groups -OCH3 is 1. The van der Waals surface area contributed by atoms with E-state index in [-0.39, 0.29) is 24.1 Å². The van der Waals surface area contributed by atoms with Crippen molar-refractivity contribution in [3.05, 3.63) is 35.5 Å². The Balaban J connectivity index is 2.30. The Morgan fingerprint density at radius 3 is 2.44 bits per heavy atom. The zero-order chi connectivity index (χ0) is 18.4. The van der Waals surface area contributed by atoms with E-state index in [9.17, 15) is 9.59 Å². The summed E-state index contributed by atoms with van der Waals surface area (Å²) >= 11 is 0. The molecule has 0 radical (unpaired) electrons. The molecule has 2 amide bonds. The molecule has 132 valence electrons. The van der Waals surface area contributed by atoms with E-state index in [1.54, 1.807) is 0 Å². The second kappa shape index (κ2) is 8.02. The van der Waals surface area contributed by atoms with E-state index < -0.39 is 17.9 Å². The van der Waals surface area contributed by atoms with Crippen LogP contribution < -0.4 is 22.1 Å². The van der Waals surface area contributed by atoms with Crippen LogP contribution in [0.25, 0.3) is 0 Å². The van der Waals surface area contributed by atoms with E-state index in [0.29, 0.717) is 5.69 Å². The van der Waals surface area contributed by atoms with Gasteiger partial charge in [0.2, 0.25) is 11.9 Å². The third kappa shape index (κ3) is 4.85. The minimum absolute atomic E-state index is 0.000427. The summed E-state index contributed by atoms with van der Waals surface area (Å²) in [5.41, 5.74) is 12.2. The Bertz CT molecular complexity index is 764. The molecule has 25 heavy (non-hydrogen) atoms. The van der Waals surface area contributed by atoms with E-state index in [0.717, 1.165) is 5.56 Å². The van der Waals surface area contributed by atoms with Gasteiger partial charge in [0.05, 0.1) is 6.61 Å². The predicted molar refractivity (Wildman–Crippen MR) is 91.3 cm³/mol. The van der Waals surface area contributed by atoms with Gasteiger partial charge in [-0.25, -0.2) is 0 Å². The molecule has 6 N–H and O–H groups in total. The fraction of sp³-hybridized carbons (Fsp3) is 0.267. The van der Waals surface area contributed by atoms with E-state index in [2.05, 4.69) is 25.8 Å². The number of aryl methyl sites for hydroxylation is 1. The molecule has 1 heterocycles. The standard InChI is InChI=1S/C15H19N7O3/c1-8-3-5-9(6-4-8)18-14-11(13(17)24)21-22-15(20-14)19-10(7-25-2)12(16)23/h3-6,10H,7H2,1-2H3,(H2,16,23)(H2,17,24)(H2,18,19,20,22)/t10-/m1/s1. The van der Waals surface area contributed by atoms with Gasteiger partial charge in [0.25, 0.3) is 5.91 Å². The van der Waals surface area contributed by atoms with Gasteiger partial charge in [0.1, 0.15) is 6.04 Å². The van der Waals surface area contributed by atoms with Gasteiger partial charge in [-0.1, -0.05) is 17.7 Å². The van der Waals surface area contributed by atoms with Crippen LogP contribution in [-0.4, -0.2) is 46.8 Å². The van der Waals surface area contributed by atoms with Crippen LogP contribution in [0.5, 0.6) is 0 Å². The average Bonchev–Trinajstić information content (AvgIpc) is 2.56. The van der Waals surface area contributed by atoms with Crippen molar-refractivity contribution in [2.75, 3.05) is 24.4 Å². The molecule has 2 aromatic rings. The summed E-state index contributed by atoms with van der Waals surface area (Å²) in [6, 6.07) is 6.56. The lowest BCUT2D eigenvalue weighted by molar-refractivity contribution is -0.119. The predicted octanol–water partition coefficient (Wildman–Crippen LogP) is -0.0653. The van der Waals surface area contributed by atoms with Crippen molar-refractivity contribution in [3.8, 4) is 0 Å². The number of hydrogen-bond donors (Lipinski definition) is 4. The molecule has 10 nitrogen and oxygen atoms in total. The van der Waals surface area contributed by atoms with Crippen LogP contribution in [0.2, 0.25) is 0 Å². The van der Waals surface area contributed by atoms with E-state index >= 15 is 0 Å². The molecular weight excluding hydrogens is 326 g/mol. The van der Waals surface area contributed by atoms with E-state index in [1.165, 1.54) is 7.11 Å². The lowest BCUT2D eigenvalue weighted by atomic mass is 10.2. The number of ether oxygens (including phenoxy) is 1. The largest absolute Gasteiger partial charge is 0.382 e. The minimum atomic E-state index is -0.849. The molecular formula is C15H19N7O3. The van der Waals surface area contributed by atoms with Crippen LogP contribution in [0.3, 0.4) is 0 Å². The molecule has 0 aliphatic rings. The maximum atomic E-state index is 11.5. The Morgan fingerprint density at radius 2 is 1.88 bits per heavy atom. The van der Waals surface area contributed by atoms with Crippen molar-refractivity contribution in [2.24, 2.45) is 11.5 Å². The minimum Gasteiger partial charge on any atom is -0.382 e. The highest BCUT2D eigenvalue weighted by atomic mass is 16.5. The third-order valence-corrected chi connectivity index (χ3v) is 3.21. The Hall–Kier alpha value is -3.27. The molecule has 1 atom stereocenters. The molecule has 0 saturated carbocycles. The monoisotopic (exact) mass is 345 g/mol. The van der Waals surface area contributed by atoms with Gasteiger partial charge in [-0.3, -0.25) is 9.59 Å². The zero-order valence-electron chi connectivity index (χ0n) is 13.8. The van der Waals surface area contributed by atoms with E-state index in [4.69, 9.17) is 16.2 Å². The van der Waals surface area contributed by atoms with Crippen LogP contribution >= 0.6 is 0 Å². The second-order valence-electron chi connectivity index (χ2n) is 5.24. The molecule has 0 saturated heterocycles. The quantitative estimate of drug-likeness (QED) is 0.517. The number of nitrogens with two attached hydrogens (primary N) is 2. The molecule has 0 unspecified atom stereocenters. The van der Waals surface area contributed by atoms with Gasteiger partial charge in [-0.2, -0.15) is 4.98 Å². The molecule has 0 fully saturated rings. The normalized spacial score (nSPS) is 11.6. The molecule has 0 spiro atoms. The Kier molecular flexibility index (Phi) is 5.79. The maximum Gasteiger partial charge on any atom is 0.273 e. The number of carbonyl (C=O) groups excluding carboxylic acids is 2. The number of amides is 2. The number of nitrogens with one attached hydrogen (secondary N) is 2. The van der Waals surface area contributed by atoms with Crippen LogP contribution in [0.4, 0.5) is 17.5 Å². The summed E-state index contributed by atoms with van der Waals surface area (Å²) in [4.78, 5) is 27.1. The highest BCUT2D eigenvalue weighted by Gasteiger charge is 2.19. The SMILES string of the molecule is COC[C@@H](Nc1nnc(C(N)=O)c(Nc2ccc(C)cc2)n1)C(N)=O. The zero-order valence-corrected chi connectivity index (χ0v) is 13.8. The van der Waals surface area contributed by atoms with Gasteiger partial charge in [0.15, 0.2) is 11.5 Å². The number of anilines is 3. The topological polar surface area (TPSA) is 158 Å². The molecule has 0 bridgehead atoms. The van der Waals surface area contributed by atoms with Crippen molar-refractivity contribution in [1.29, 1.82) is 0 Å². The fourth-order valence-electron chi connectivity index (χ4n) is 1.93. The third-order valence-electron chi connectivity index (χ3n) is 3.21. The summed E-state index contributed by atoms with van der Waals surface area (Å²) in [7, 11) is 1.43. The number of rotatable bonds is 8. The van der Waals surface area contributed by atoms with Gasteiger partial charge in [-0.15, -0.1) is 10.2 Å². The number of carbonyl (C=O) groups is 2. The maximum absolute atomic E-state index is 11.5. The highest BCUT2D eigenvalue weighted by molar-refractivity contribution is 5.96. The van der Waals surface area contributed by atoms with Crippen LogP contribution in [0, 0.1) is 6.92 Å². The van der Waals surface area contributed by atoms with Crippen molar-refractivity contribution >= 4 is 29.3 Å². The smallest absolute Gasteiger partial charge is 0.273 e. The lowest BCUT2D eigenvalue weighted by Gasteiger charge is -2.15. The molecule has 0 aliphatic heterocycles. The number of benzene rings is 1. The molecule has 1 aromatic carbocycles. The summed E-state index contributed by atoms with van der Waals surface area (Å²) in [6.07, 6.45) is 0. The van der Waals surface area contributed by atoms with Crippen molar-refractivity contribution in [1.82, 2.24) is 15.2 Å². The molecule has 2 rings (SSSR count). The second-order valence-corrected chi connectivity index (χ2v) is 5.24. The van der Waals surface area contributed by atoms with Gasteiger partial charge in [-0.05, 0) is 19.1 Å². The summed E-state index contributed by atoms with van der Waals surface area (Å²) in [5, 5.41) is 13.2. The Morgan fingerprint density at radius 1 is 1.20 bits per heavy atom. The molecule has 10 heteroatoms. The number of aromatic nitrogens is 3. The van der Waals surface area contributed by atoms with Crippen molar-refractivity contribution < 1.29 is 14.3 Å². The van der Waals surface area contributed by atoms with Crippen LogP contribution in [-0.2, 0) is 9.53 Å². The van der Waals surface area contributed by atoms with Crippen molar-refractivity contribution in [2.45, 2.75) is 13.0 Å². The first-order valence-corrected chi connectivity index (χ1v) is 7.33. The number of hydrogen-bond acceptors (Lipinski definition) is 8. The number of primary amides is 2. The summed E-state index contributed by atoms with van der Waals surface area (Å²) in [6.45, 7) is 1.98. The summed E-state index contributed by atoms with van der Waals surface area (Å²) < 4.78 is 4.91. The van der Waals surface area contributed by atoms with Crippen LogP contribution in [0.15, 0.2) is 24.3 Å². The van der Waals surface area contributed by atoms with Crippen molar-refractivity contribution in [3.63, 3.8) is 0 Å². The lowest BCUT2D eigenvalue weighted by Crippen LogP contribution is -2.39. The first-order chi connectivity index (χ1) is 11.9. The van der Waals surface area contributed by atoms with Crippen LogP contribution in [0.1, 0.15) is 16.1 Å². The number of nitrogens with zero attached hydrogens (tertiary/aromatic N) is 3. The Labute approximate surface area is 144 Å². The fourth-order valence-corrected chi connectivity index (χ4v) is 1.93. The van der Waals surface area contributed by atoms with E-state index in [1.807, 2.05) is 31.2 Å². The summed E-state index contributed by atoms with van der Waals surface area (Å²) in [5.74, 6) is -1.32. The van der Waals surface area contributed by atoms with Gasteiger partial charge < -0.3 is 26.8 Å². The van der Waals surface area contributed by atoms with Gasteiger partial charge >= 0.3 is 0 Å². The average molecular weight is 345 g/mol.